The Morgan fingerprint density at radius 2 is 1.76 bits per heavy atom. The Morgan fingerprint density at radius 1 is 1.19 bits per heavy atom. The van der Waals surface area contributed by atoms with Crippen molar-refractivity contribution in [1.82, 2.24) is 10.2 Å². The molecule has 1 N–H and O–H groups in total. The molecule has 1 aliphatic carbocycles. The Labute approximate surface area is 122 Å². The highest BCUT2D eigenvalue weighted by molar-refractivity contribution is 5.99. The number of piperazine rings is 1. The SMILES string of the molecule is CC1(C)C(=O)NC(C2CCCCC2)C(=O)N1CC(F)(F)F. The second-order valence-electron chi connectivity index (χ2n) is 6.45. The van der Waals surface area contributed by atoms with Gasteiger partial charge in [-0.25, -0.2) is 0 Å². The van der Waals surface area contributed by atoms with E-state index in [0.29, 0.717) is 4.90 Å². The summed E-state index contributed by atoms with van der Waals surface area (Å²) in [6, 6.07) is -0.812. The summed E-state index contributed by atoms with van der Waals surface area (Å²) in [6.07, 6.45) is 0.0126. The fourth-order valence-electron chi connectivity index (χ4n) is 3.19. The molecule has 0 aromatic rings. The van der Waals surface area contributed by atoms with Crippen molar-refractivity contribution in [3.05, 3.63) is 0 Å². The van der Waals surface area contributed by atoms with Gasteiger partial charge in [-0.05, 0) is 32.6 Å². The summed E-state index contributed by atoms with van der Waals surface area (Å²) >= 11 is 0. The molecule has 0 aromatic carbocycles. The van der Waals surface area contributed by atoms with Gasteiger partial charge in [-0.3, -0.25) is 9.59 Å². The first-order chi connectivity index (χ1) is 9.63. The average molecular weight is 306 g/mol. The molecule has 2 fully saturated rings. The molecule has 0 aromatic heterocycles. The third-order valence-electron chi connectivity index (χ3n) is 4.51. The van der Waals surface area contributed by atoms with Crippen LogP contribution < -0.4 is 5.32 Å². The molecule has 0 radical (unpaired) electrons. The molecule has 1 saturated heterocycles. The van der Waals surface area contributed by atoms with Gasteiger partial charge in [-0.15, -0.1) is 0 Å². The molecule has 1 unspecified atom stereocenters. The molecule has 120 valence electrons. The molecule has 1 aliphatic heterocycles. The maximum absolute atomic E-state index is 12.7. The van der Waals surface area contributed by atoms with Crippen molar-refractivity contribution in [1.29, 1.82) is 0 Å². The van der Waals surface area contributed by atoms with Crippen LogP contribution >= 0.6 is 0 Å². The Morgan fingerprint density at radius 3 is 2.29 bits per heavy atom. The van der Waals surface area contributed by atoms with E-state index in [4.69, 9.17) is 0 Å². The predicted octanol–water partition coefficient (Wildman–Crippen LogP) is 2.23. The topological polar surface area (TPSA) is 49.4 Å². The minimum atomic E-state index is -4.51. The Hall–Kier alpha value is -1.27. The molecule has 2 aliphatic rings. The van der Waals surface area contributed by atoms with Gasteiger partial charge in [-0.1, -0.05) is 19.3 Å². The first-order valence-electron chi connectivity index (χ1n) is 7.32. The van der Waals surface area contributed by atoms with Gasteiger partial charge >= 0.3 is 6.18 Å². The van der Waals surface area contributed by atoms with Crippen LogP contribution in [0.4, 0.5) is 13.2 Å². The maximum atomic E-state index is 12.7. The lowest BCUT2D eigenvalue weighted by Gasteiger charge is -2.46. The van der Waals surface area contributed by atoms with E-state index in [1.165, 1.54) is 13.8 Å². The molecule has 1 atom stereocenters. The van der Waals surface area contributed by atoms with Gasteiger partial charge in [0.25, 0.3) is 0 Å². The minimum absolute atomic E-state index is 0.0537. The van der Waals surface area contributed by atoms with Gasteiger partial charge in [0.1, 0.15) is 18.1 Å². The quantitative estimate of drug-likeness (QED) is 0.850. The third kappa shape index (κ3) is 3.32. The standard InChI is InChI=1S/C14H21F3N2O2/c1-13(2)12(21)18-10(9-6-4-3-5-7-9)11(20)19(13)8-14(15,16)17/h9-10H,3-8H2,1-2H3,(H,18,21). The predicted molar refractivity (Wildman–Crippen MR) is 70.4 cm³/mol. The van der Waals surface area contributed by atoms with Crippen molar-refractivity contribution >= 4 is 11.8 Å². The summed E-state index contributed by atoms with van der Waals surface area (Å²) in [6.45, 7) is 1.32. The van der Waals surface area contributed by atoms with Crippen LogP contribution in [0.1, 0.15) is 46.0 Å². The molecule has 2 amide bonds. The van der Waals surface area contributed by atoms with Crippen LogP contribution in [-0.4, -0.2) is 41.0 Å². The molecule has 0 bridgehead atoms. The molecule has 1 heterocycles. The lowest BCUT2D eigenvalue weighted by Crippen LogP contribution is -2.71. The van der Waals surface area contributed by atoms with Crippen LogP contribution in [0.5, 0.6) is 0 Å². The monoisotopic (exact) mass is 306 g/mol. The van der Waals surface area contributed by atoms with Gasteiger partial charge in [0.2, 0.25) is 11.8 Å². The first kappa shape index (κ1) is 16.1. The van der Waals surface area contributed by atoms with Crippen LogP contribution in [0.2, 0.25) is 0 Å². The smallest absolute Gasteiger partial charge is 0.342 e. The number of nitrogens with zero attached hydrogens (tertiary/aromatic N) is 1. The Bertz CT molecular complexity index is 428. The summed E-state index contributed by atoms with van der Waals surface area (Å²) in [5.74, 6) is -1.17. The van der Waals surface area contributed by atoms with Gasteiger partial charge in [0.15, 0.2) is 0 Å². The second kappa shape index (κ2) is 5.50. The lowest BCUT2D eigenvalue weighted by molar-refractivity contribution is -0.182. The van der Waals surface area contributed by atoms with Crippen molar-refractivity contribution in [2.24, 2.45) is 5.92 Å². The van der Waals surface area contributed by atoms with Crippen molar-refractivity contribution in [3.8, 4) is 0 Å². The van der Waals surface area contributed by atoms with Crippen LogP contribution in [0.25, 0.3) is 0 Å². The average Bonchev–Trinajstić information content (AvgIpc) is 2.39. The van der Waals surface area contributed by atoms with E-state index in [1.807, 2.05) is 0 Å². The van der Waals surface area contributed by atoms with E-state index in [1.54, 1.807) is 0 Å². The summed E-state index contributed by atoms with van der Waals surface area (Å²) in [5.41, 5.74) is -1.47. The fourth-order valence-corrected chi connectivity index (χ4v) is 3.19. The number of hydrogen-bond donors (Lipinski definition) is 1. The fraction of sp³-hybridized carbons (Fsp3) is 0.857. The van der Waals surface area contributed by atoms with E-state index in [2.05, 4.69) is 5.32 Å². The lowest BCUT2D eigenvalue weighted by atomic mass is 9.81. The molecule has 0 spiro atoms. The summed E-state index contributed by atoms with van der Waals surface area (Å²) < 4.78 is 38.2. The Balaban J connectivity index is 2.23. The second-order valence-corrected chi connectivity index (χ2v) is 6.45. The molecular weight excluding hydrogens is 285 g/mol. The van der Waals surface area contributed by atoms with Gasteiger partial charge in [-0.2, -0.15) is 13.2 Å². The number of amides is 2. The van der Waals surface area contributed by atoms with Crippen LogP contribution in [0, 0.1) is 5.92 Å². The van der Waals surface area contributed by atoms with Crippen molar-refractivity contribution in [3.63, 3.8) is 0 Å². The van der Waals surface area contributed by atoms with Crippen molar-refractivity contribution in [2.75, 3.05) is 6.54 Å². The van der Waals surface area contributed by atoms with E-state index >= 15 is 0 Å². The van der Waals surface area contributed by atoms with E-state index in [0.717, 1.165) is 32.1 Å². The third-order valence-corrected chi connectivity index (χ3v) is 4.51. The highest BCUT2D eigenvalue weighted by Crippen LogP contribution is 2.33. The molecule has 2 rings (SSSR count). The highest BCUT2D eigenvalue weighted by atomic mass is 19.4. The van der Waals surface area contributed by atoms with Crippen molar-refractivity contribution in [2.45, 2.75) is 63.7 Å². The van der Waals surface area contributed by atoms with Gasteiger partial charge < -0.3 is 10.2 Å². The number of hydrogen-bond acceptors (Lipinski definition) is 2. The zero-order valence-corrected chi connectivity index (χ0v) is 12.3. The summed E-state index contributed by atoms with van der Waals surface area (Å²) in [5, 5.41) is 2.64. The zero-order chi connectivity index (χ0) is 15.8. The highest BCUT2D eigenvalue weighted by Gasteiger charge is 2.51. The van der Waals surface area contributed by atoms with Gasteiger partial charge in [0.05, 0.1) is 0 Å². The number of rotatable bonds is 2. The van der Waals surface area contributed by atoms with E-state index < -0.39 is 36.1 Å². The number of carbonyl (C=O) groups excluding carboxylic acids is 2. The maximum Gasteiger partial charge on any atom is 0.406 e. The Kier molecular flexibility index (Phi) is 4.22. The summed E-state index contributed by atoms with van der Waals surface area (Å²) in [4.78, 5) is 25.3. The largest absolute Gasteiger partial charge is 0.406 e. The molecule has 21 heavy (non-hydrogen) atoms. The van der Waals surface area contributed by atoms with Crippen LogP contribution in [0.3, 0.4) is 0 Å². The minimum Gasteiger partial charge on any atom is -0.342 e. The van der Waals surface area contributed by atoms with Crippen LogP contribution in [-0.2, 0) is 9.59 Å². The van der Waals surface area contributed by atoms with E-state index in [-0.39, 0.29) is 5.92 Å². The van der Waals surface area contributed by atoms with E-state index in [9.17, 15) is 22.8 Å². The number of halogens is 3. The molecular formula is C14H21F3N2O2. The van der Waals surface area contributed by atoms with Crippen LogP contribution in [0.15, 0.2) is 0 Å². The molecule has 7 heteroatoms. The van der Waals surface area contributed by atoms with Gasteiger partial charge in [0, 0.05) is 0 Å². The molecule has 4 nitrogen and oxygen atoms in total. The number of alkyl halides is 3. The van der Waals surface area contributed by atoms with Crippen molar-refractivity contribution < 1.29 is 22.8 Å². The number of carbonyl (C=O) groups is 2. The molecule has 1 saturated carbocycles. The first-order valence-corrected chi connectivity index (χ1v) is 7.32. The summed E-state index contributed by atoms with van der Waals surface area (Å²) in [7, 11) is 0. The number of nitrogens with one attached hydrogen (secondary N) is 1. The normalized spacial score (nSPS) is 27.7. The zero-order valence-electron chi connectivity index (χ0n) is 12.3.